The van der Waals surface area contributed by atoms with E-state index in [1.165, 1.54) is 0 Å². The maximum absolute atomic E-state index is 10.8. The lowest BCUT2D eigenvalue weighted by Gasteiger charge is -2.08. The van der Waals surface area contributed by atoms with Crippen molar-refractivity contribution >= 4 is 22.9 Å². The molecule has 0 amide bonds. The number of aromatic nitrogens is 1. The number of benzene rings is 1. The third-order valence-corrected chi connectivity index (χ3v) is 3.43. The maximum atomic E-state index is 10.8. The number of carbonyl (C=O) groups is 1. The normalized spacial score (nSPS) is 11.2. The van der Waals surface area contributed by atoms with E-state index in [9.17, 15) is 4.79 Å². The lowest BCUT2D eigenvalue weighted by atomic mass is 10.1. The highest BCUT2D eigenvalue weighted by Crippen LogP contribution is 2.39. The molecule has 0 atom stereocenters. The number of carboxylic acids is 1. The van der Waals surface area contributed by atoms with Crippen molar-refractivity contribution < 1.29 is 19.4 Å². The van der Waals surface area contributed by atoms with E-state index < -0.39 is 5.97 Å². The summed E-state index contributed by atoms with van der Waals surface area (Å²) >= 11 is 0. The summed E-state index contributed by atoms with van der Waals surface area (Å²) in [6.45, 7) is 1.93. The number of carboxylic acid groups (broad SMARTS) is 1. The first-order valence-corrected chi connectivity index (χ1v) is 6.12. The summed E-state index contributed by atoms with van der Waals surface area (Å²) in [5.41, 5.74) is 2.65. The third kappa shape index (κ3) is 2.11. The molecule has 0 saturated carbocycles. The highest BCUT2D eigenvalue weighted by molar-refractivity contribution is 6.01. The molecule has 1 aromatic carbocycles. The Kier molecular flexibility index (Phi) is 3.70. The summed E-state index contributed by atoms with van der Waals surface area (Å²) in [6, 6.07) is 3.66. The molecule has 0 aliphatic carbocycles. The van der Waals surface area contributed by atoms with Crippen LogP contribution in [0.4, 0.5) is 0 Å². The number of methoxy groups -OCH3 is 2. The van der Waals surface area contributed by atoms with Crippen molar-refractivity contribution in [1.82, 2.24) is 4.57 Å². The maximum Gasteiger partial charge on any atom is 0.328 e. The van der Waals surface area contributed by atoms with Gasteiger partial charge in [0, 0.05) is 24.4 Å². The second-order valence-corrected chi connectivity index (χ2v) is 4.42. The predicted octanol–water partition coefficient (Wildman–Crippen LogP) is 2.60. The summed E-state index contributed by atoms with van der Waals surface area (Å²) < 4.78 is 12.7. The molecule has 5 nitrogen and oxygen atoms in total. The second kappa shape index (κ2) is 5.28. The number of fused-ring (bicyclic) bond motifs is 1. The monoisotopic (exact) mass is 275 g/mol. The van der Waals surface area contributed by atoms with Gasteiger partial charge in [-0.05, 0) is 25.1 Å². The molecule has 0 fully saturated rings. The van der Waals surface area contributed by atoms with E-state index in [1.54, 1.807) is 20.3 Å². The van der Waals surface area contributed by atoms with Gasteiger partial charge in [0.15, 0.2) is 0 Å². The minimum Gasteiger partial charge on any atom is -0.496 e. The number of nitrogens with zero attached hydrogens (tertiary/aromatic N) is 1. The Morgan fingerprint density at radius 1 is 1.25 bits per heavy atom. The van der Waals surface area contributed by atoms with Gasteiger partial charge >= 0.3 is 5.97 Å². The van der Waals surface area contributed by atoms with E-state index >= 15 is 0 Å². The minimum atomic E-state index is -0.983. The zero-order valence-corrected chi connectivity index (χ0v) is 11.9. The molecule has 106 valence electrons. The molecule has 20 heavy (non-hydrogen) atoms. The molecule has 0 unspecified atom stereocenters. The number of aliphatic carboxylic acids is 1. The number of ether oxygens (including phenoxy) is 2. The molecular formula is C15H17NO4. The van der Waals surface area contributed by atoms with Crippen LogP contribution < -0.4 is 9.47 Å². The second-order valence-electron chi connectivity index (χ2n) is 4.42. The average Bonchev–Trinajstić information content (AvgIpc) is 2.69. The average molecular weight is 275 g/mol. The fraction of sp³-hybridized carbons (Fsp3) is 0.267. The van der Waals surface area contributed by atoms with Crippen LogP contribution in [0.15, 0.2) is 18.2 Å². The SMILES string of the molecule is COc1ccc(OC)c2c1c(/C=C/C(=O)O)c(C)n2C. The van der Waals surface area contributed by atoms with Crippen LogP contribution in [0.2, 0.25) is 0 Å². The van der Waals surface area contributed by atoms with Gasteiger partial charge in [-0.25, -0.2) is 4.79 Å². The van der Waals surface area contributed by atoms with Gasteiger partial charge in [0.05, 0.1) is 25.1 Å². The van der Waals surface area contributed by atoms with E-state index in [1.807, 2.05) is 30.7 Å². The van der Waals surface area contributed by atoms with Crippen molar-refractivity contribution in [1.29, 1.82) is 0 Å². The summed E-state index contributed by atoms with van der Waals surface area (Å²) in [7, 11) is 5.11. The van der Waals surface area contributed by atoms with Gasteiger partial charge < -0.3 is 19.1 Å². The first kappa shape index (κ1) is 14.0. The van der Waals surface area contributed by atoms with Crippen molar-refractivity contribution in [3.63, 3.8) is 0 Å². The van der Waals surface area contributed by atoms with Crippen LogP contribution in [0, 0.1) is 6.92 Å². The van der Waals surface area contributed by atoms with Gasteiger partial charge in [-0.1, -0.05) is 0 Å². The zero-order chi connectivity index (χ0) is 14.9. The van der Waals surface area contributed by atoms with Crippen molar-refractivity contribution in [2.75, 3.05) is 14.2 Å². The molecule has 0 saturated heterocycles. The van der Waals surface area contributed by atoms with Gasteiger partial charge in [0.1, 0.15) is 11.5 Å². The zero-order valence-electron chi connectivity index (χ0n) is 11.9. The summed E-state index contributed by atoms with van der Waals surface area (Å²) in [4.78, 5) is 10.8. The molecule has 0 spiro atoms. The van der Waals surface area contributed by atoms with Gasteiger partial charge in [-0.3, -0.25) is 0 Å². The molecule has 0 aliphatic heterocycles. The largest absolute Gasteiger partial charge is 0.496 e. The molecule has 2 rings (SSSR count). The smallest absolute Gasteiger partial charge is 0.328 e. The Labute approximate surface area is 117 Å². The Hall–Kier alpha value is -2.43. The van der Waals surface area contributed by atoms with Crippen LogP contribution in [0.5, 0.6) is 11.5 Å². The molecule has 0 aliphatic rings. The van der Waals surface area contributed by atoms with E-state index in [-0.39, 0.29) is 0 Å². The molecule has 1 N–H and O–H groups in total. The predicted molar refractivity (Wildman–Crippen MR) is 77.4 cm³/mol. The Morgan fingerprint density at radius 3 is 2.40 bits per heavy atom. The summed E-state index contributed by atoms with van der Waals surface area (Å²) in [5.74, 6) is 0.430. The molecule has 0 bridgehead atoms. The first-order valence-electron chi connectivity index (χ1n) is 6.12. The fourth-order valence-electron chi connectivity index (χ4n) is 2.37. The highest BCUT2D eigenvalue weighted by atomic mass is 16.5. The number of hydrogen-bond donors (Lipinski definition) is 1. The van der Waals surface area contributed by atoms with E-state index in [4.69, 9.17) is 14.6 Å². The summed E-state index contributed by atoms with van der Waals surface area (Å²) in [6.07, 6.45) is 2.71. The van der Waals surface area contributed by atoms with Gasteiger partial charge in [0.25, 0.3) is 0 Å². The first-order chi connectivity index (χ1) is 9.51. The number of aryl methyl sites for hydroxylation is 1. The van der Waals surface area contributed by atoms with Gasteiger partial charge in [-0.2, -0.15) is 0 Å². The highest BCUT2D eigenvalue weighted by Gasteiger charge is 2.18. The van der Waals surface area contributed by atoms with Crippen LogP contribution in [-0.2, 0) is 11.8 Å². The molecular weight excluding hydrogens is 258 g/mol. The van der Waals surface area contributed by atoms with Crippen molar-refractivity contribution in [3.8, 4) is 11.5 Å². The van der Waals surface area contributed by atoms with Crippen LogP contribution >= 0.6 is 0 Å². The van der Waals surface area contributed by atoms with E-state index in [2.05, 4.69) is 0 Å². The number of hydrogen-bond acceptors (Lipinski definition) is 3. The van der Waals surface area contributed by atoms with Crippen molar-refractivity contribution in [3.05, 3.63) is 29.5 Å². The van der Waals surface area contributed by atoms with Crippen LogP contribution in [-0.4, -0.2) is 29.9 Å². The minimum absolute atomic E-state index is 0.689. The topological polar surface area (TPSA) is 60.7 Å². The van der Waals surface area contributed by atoms with Crippen LogP contribution in [0.25, 0.3) is 17.0 Å². The standard InChI is InChI=1S/C15H17NO4/c1-9-10(5-8-13(17)18)14-11(19-3)6-7-12(20-4)15(14)16(9)2/h5-8H,1-4H3,(H,17,18)/b8-5+. The lowest BCUT2D eigenvalue weighted by molar-refractivity contribution is -0.131. The van der Waals surface area contributed by atoms with Gasteiger partial charge in [0.2, 0.25) is 0 Å². The van der Waals surface area contributed by atoms with Crippen LogP contribution in [0.1, 0.15) is 11.3 Å². The Balaban J connectivity index is 2.87. The molecule has 1 heterocycles. The van der Waals surface area contributed by atoms with Crippen molar-refractivity contribution in [2.24, 2.45) is 7.05 Å². The quantitative estimate of drug-likeness (QED) is 0.871. The van der Waals surface area contributed by atoms with Crippen molar-refractivity contribution in [2.45, 2.75) is 6.92 Å². The van der Waals surface area contributed by atoms with Gasteiger partial charge in [-0.15, -0.1) is 0 Å². The van der Waals surface area contributed by atoms with E-state index in [0.717, 1.165) is 34.0 Å². The molecule has 2 aromatic rings. The molecule has 0 radical (unpaired) electrons. The fourth-order valence-corrected chi connectivity index (χ4v) is 2.37. The summed E-state index contributed by atoms with van der Waals surface area (Å²) in [5, 5.41) is 9.67. The van der Waals surface area contributed by atoms with E-state index in [0.29, 0.717) is 5.75 Å². The Bertz CT molecular complexity index is 698. The molecule has 5 heteroatoms. The Morgan fingerprint density at radius 2 is 1.85 bits per heavy atom. The van der Waals surface area contributed by atoms with Crippen LogP contribution in [0.3, 0.4) is 0 Å². The third-order valence-electron chi connectivity index (χ3n) is 3.43. The number of rotatable bonds is 4. The molecule has 1 aromatic heterocycles. The lowest BCUT2D eigenvalue weighted by Crippen LogP contribution is -1.94.